The molecule has 0 unspecified atom stereocenters. The highest BCUT2D eigenvalue weighted by atomic mass is 16.5. The van der Waals surface area contributed by atoms with Crippen LogP contribution in [0.25, 0.3) is 0 Å². The van der Waals surface area contributed by atoms with Crippen molar-refractivity contribution >= 4 is 5.91 Å². The molecule has 4 rings (SSSR count). The average molecular weight is 411 g/mol. The highest BCUT2D eigenvalue weighted by Gasteiger charge is 2.22. The number of carbonyl (C=O) groups is 1. The van der Waals surface area contributed by atoms with E-state index in [2.05, 4.69) is 35.0 Å². The van der Waals surface area contributed by atoms with Crippen molar-refractivity contribution in [3.8, 4) is 5.75 Å². The van der Waals surface area contributed by atoms with Crippen LogP contribution in [-0.4, -0.2) is 58.2 Å². The molecule has 6 heteroatoms. The Balaban J connectivity index is 1.22. The van der Waals surface area contributed by atoms with E-state index in [1.165, 1.54) is 5.69 Å². The largest absolute Gasteiger partial charge is 0.490 e. The highest BCUT2D eigenvalue weighted by molar-refractivity contribution is 5.94. The van der Waals surface area contributed by atoms with E-state index in [-0.39, 0.29) is 12.0 Å². The molecule has 162 valence electrons. The molecule has 1 aromatic carbocycles. The first-order valence-electron chi connectivity index (χ1n) is 11.4. The minimum Gasteiger partial charge on any atom is -0.490 e. The molecule has 0 atom stereocenters. The van der Waals surface area contributed by atoms with Gasteiger partial charge in [-0.15, -0.1) is 0 Å². The zero-order chi connectivity index (χ0) is 20.9. The number of amides is 1. The van der Waals surface area contributed by atoms with Crippen molar-refractivity contribution in [1.82, 2.24) is 20.0 Å². The molecular weight excluding hydrogens is 376 g/mol. The van der Waals surface area contributed by atoms with E-state index in [1.807, 2.05) is 29.2 Å². The molecule has 2 aliphatic rings. The second-order valence-corrected chi connectivity index (χ2v) is 9.10. The smallest absolute Gasteiger partial charge is 0.253 e. The lowest BCUT2D eigenvalue weighted by atomic mass is 10.1. The number of nitrogens with zero attached hydrogens (tertiary/aromatic N) is 3. The van der Waals surface area contributed by atoms with Gasteiger partial charge < -0.3 is 9.64 Å². The van der Waals surface area contributed by atoms with Crippen LogP contribution in [0.5, 0.6) is 5.75 Å². The maximum atomic E-state index is 12.5. The van der Waals surface area contributed by atoms with Gasteiger partial charge in [-0.05, 0) is 68.4 Å². The van der Waals surface area contributed by atoms with E-state index in [0.717, 1.165) is 81.8 Å². The third kappa shape index (κ3) is 5.42. The molecule has 1 aromatic heterocycles. The normalized spacial score (nSPS) is 18.3. The Hall–Kier alpha value is -2.34. The van der Waals surface area contributed by atoms with Crippen molar-refractivity contribution in [3.05, 3.63) is 47.3 Å². The summed E-state index contributed by atoms with van der Waals surface area (Å²) in [5, 5.41) is 7.62. The van der Waals surface area contributed by atoms with Gasteiger partial charge in [-0.25, -0.2) is 0 Å². The maximum absolute atomic E-state index is 12.5. The van der Waals surface area contributed by atoms with Crippen LogP contribution in [0.1, 0.15) is 61.3 Å². The molecule has 2 aromatic rings. The Bertz CT molecular complexity index is 816. The predicted octanol–water partition coefficient (Wildman–Crippen LogP) is 3.89. The summed E-state index contributed by atoms with van der Waals surface area (Å²) in [6.45, 7) is 9.17. The van der Waals surface area contributed by atoms with E-state index in [1.54, 1.807) is 0 Å². The fourth-order valence-corrected chi connectivity index (χ4v) is 4.41. The first kappa shape index (κ1) is 20.9. The van der Waals surface area contributed by atoms with Gasteiger partial charge in [0.25, 0.3) is 5.91 Å². The van der Waals surface area contributed by atoms with Gasteiger partial charge in [0.1, 0.15) is 11.9 Å². The number of aromatic nitrogens is 2. The van der Waals surface area contributed by atoms with Crippen LogP contribution in [-0.2, 0) is 13.0 Å². The van der Waals surface area contributed by atoms with Crippen molar-refractivity contribution in [3.63, 3.8) is 0 Å². The number of piperidine rings is 1. The average Bonchev–Trinajstić information content (AvgIpc) is 3.42. The summed E-state index contributed by atoms with van der Waals surface area (Å²) in [6.07, 6.45) is 5.52. The van der Waals surface area contributed by atoms with E-state index < -0.39 is 0 Å². The van der Waals surface area contributed by atoms with Gasteiger partial charge in [-0.1, -0.05) is 13.8 Å². The second kappa shape index (κ2) is 9.65. The number of hydrogen-bond donors (Lipinski definition) is 1. The number of ether oxygens (including phenoxy) is 1. The van der Waals surface area contributed by atoms with Gasteiger partial charge in [0.15, 0.2) is 0 Å². The number of aromatic amines is 1. The van der Waals surface area contributed by atoms with Gasteiger partial charge in [-0.3, -0.25) is 14.8 Å². The number of H-pyrrole nitrogens is 1. The van der Waals surface area contributed by atoms with Gasteiger partial charge in [0.2, 0.25) is 0 Å². The molecule has 0 bridgehead atoms. The quantitative estimate of drug-likeness (QED) is 0.752. The minimum atomic E-state index is 0.141. The van der Waals surface area contributed by atoms with Crippen molar-refractivity contribution in [2.75, 3.05) is 26.2 Å². The molecule has 6 nitrogen and oxygen atoms in total. The summed E-state index contributed by atoms with van der Waals surface area (Å²) in [5.41, 5.74) is 3.11. The van der Waals surface area contributed by atoms with Crippen molar-refractivity contribution in [1.29, 1.82) is 0 Å². The first-order chi connectivity index (χ1) is 14.6. The van der Waals surface area contributed by atoms with Crippen LogP contribution < -0.4 is 4.74 Å². The molecule has 0 radical (unpaired) electrons. The summed E-state index contributed by atoms with van der Waals surface area (Å²) in [7, 11) is 0. The van der Waals surface area contributed by atoms with Gasteiger partial charge in [0.05, 0.1) is 5.69 Å². The number of hydrogen-bond acceptors (Lipinski definition) is 4. The van der Waals surface area contributed by atoms with Crippen LogP contribution in [0.15, 0.2) is 30.3 Å². The number of rotatable bonds is 7. The summed E-state index contributed by atoms with van der Waals surface area (Å²) >= 11 is 0. The molecular formula is C24H34N4O2. The van der Waals surface area contributed by atoms with Crippen molar-refractivity contribution in [2.45, 2.75) is 58.6 Å². The number of likely N-dealkylation sites (tertiary alicyclic amines) is 2. The SMILES string of the molecule is CC(C)Cc1cc(CN2CCC(Oc3ccc(C(=O)N4CCCC4)cc3)CC2)[nH]n1. The van der Waals surface area contributed by atoms with E-state index in [0.29, 0.717) is 5.92 Å². The summed E-state index contributed by atoms with van der Waals surface area (Å²) in [4.78, 5) is 16.9. The van der Waals surface area contributed by atoms with E-state index in [4.69, 9.17) is 4.74 Å². The maximum Gasteiger partial charge on any atom is 0.253 e. The van der Waals surface area contributed by atoms with Crippen molar-refractivity contribution in [2.24, 2.45) is 5.92 Å². The van der Waals surface area contributed by atoms with Gasteiger partial charge in [0, 0.05) is 44.0 Å². The Kier molecular flexibility index (Phi) is 6.72. The lowest BCUT2D eigenvalue weighted by Crippen LogP contribution is -2.37. The molecule has 3 heterocycles. The summed E-state index contributed by atoms with van der Waals surface area (Å²) < 4.78 is 6.19. The molecule has 2 fully saturated rings. The number of benzene rings is 1. The fraction of sp³-hybridized carbons (Fsp3) is 0.583. The van der Waals surface area contributed by atoms with Crippen LogP contribution >= 0.6 is 0 Å². The molecule has 1 N–H and O–H groups in total. The Morgan fingerprint density at radius 3 is 2.50 bits per heavy atom. The van der Waals surface area contributed by atoms with Crippen LogP contribution in [0.4, 0.5) is 0 Å². The zero-order valence-electron chi connectivity index (χ0n) is 18.3. The van der Waals surface area contributed by atoms with E-state index >= 15 is 0 Å². The first-order valence-corrected chi connectivity index (χ1v) is 11.4. The lowest BCUT2D eigenvalue weighted by molar-refractivity contribution is 0.0792. The van der Waals surface area contributed by atoms with Crippen LogP contribution in [0.2, 0.25) is 0 Å². The van der Waals surface area contributed by atoms with E-state index in [9.17, 15) is 4.79 Å². The van der Waals surface area contributed by atoms with Gasteiger partial charge >= 0.3 is 0 Å². The molecule has 2 aliphatic heterocycles. The summed E-state index contributed by atoms with van der Waals surface area (Å²) in [5.74, 6) is 1.63. The van der Waals surface area contributed by atoms with Crippen LogP contribution in [0, 0.1) is 5.92 Å². The monoisotopic (exact) mass is 410 g/mol. The lowest BCUT2D eigenvalue weighted by Gasteiger charge is -2.31. The molecule has 0 spiro atoms. The third-order valence-corrected chi connectivity index (χ3v) is 6.03. The molecule has 2 saturated heterocycles. The highest BCUT2D eigenvalue weighted by Crippen LogP contribution is 2.22. The summed E-state index contributed by atoms with van der Waals surface area (Å²) in [6, 6.07) is 9.89. The predicted molar refractivity (Wildman–Crippen MR) is 118 cm³/mol. The molecule has 0 aliphatic carbocycles. The Labute approximate surface area is 179 Å². The van der Waals surface area contributed by atoms with Crippen molar-refractivity contribution < 1.29 is 9.53 Å². The fourth-order valence-electron chi connectivity index (χ4n) is 4.41. The Morgan fingerprint density at radius 2 is 1.83 bits per heavy atom. The Morgan fingerprint density at radius 1 is 1.13 bits per heavy atom. The minimum absolute atomic E-state index is 0.141. The molecule has 30 heavy (non-hydrogen) atoms. The standard InChI is InChI=1S/C24H34N4O2/c1-18(2)15-20-16-21(26-25-20)17-27-13-9-23(10-14-27)30-22-7-5-19(6-8-22)24(29)28-11-3-4-12-28/h5-8,16,18,23H,3-4,9-15,17H2,1-2H3,(H,25,26). The second-order valence-electron chi connectivity index (χ2n) is 9.10. The third-order valence-electron chi connectivity index (χ3n) is 6.03. The molecule has 1 amide bonds. The van der Waals surface area contributed by atoms with Gasteiger partial charge in [-0.2, -0.15) is 5.10 Å². The molecule has 0 saturated carbocycles. The van der Waals surface area contributed by atoms with Crippen LogP contribution in [0.3, 0.4) is 0 Å². The number of carbonyl (C=O) groups excluding carboxylic acids is 1. The topological polar surface area (TPSA) is 61.5 Å². The zero-order valence-corrected chi connectivity index (χ0v) is 18.3. The number of nitrogens with one attached hydrogen (secondary N) is 1.